The van der Waals surface area contributed by atoms with E-state index < -0.39 is 12.1 Å². The van der Waals surface area contributed by atoms with Crippen LogP contribution in [0.2, 0.25) is 0 Å². The highest BCUT2D eigenvalue weighted by Crippen LogP contribution is 2.41. The number of carboxylic acid groups (broad SMARTS) is 1. The molecule has 0 saturated carbocycles. The van der Waals surface area contributed by atoms with Crippen LogP contribution < -0.4 is 14.2 Å². The third kappa shape index (κ3) is 3.30. The van der Waals surface area contributed by atoms with Crippen molar-refractivity contribution in [2.45, 2.75) is 13.8 Å². The summed E-state index contributed by atoms with van der Waals surface area (Å²) in [6.45, 7) is 4.75. The maximum absolute atomic E-state index is 12.1. The molecule has 0 aromatic heterocycles. The molecule has 0 bridgehead atoms. The SMILES string of the molecule is CCN(CC)C(=O)Oc1ccc2c(c1/C=C/C(=O)O)OCO2. The molecule has 7 heteroatoms. The summed E-state index contributed by atoms with van der Waals surface area (Å²) >= 11 is 0. The summed E-state index contributed by atoms with van der Waals surface area (Å²) in [4.78, 5) is 24.3. The highest BCUT2D eigenvalue weighted by molar-refractivity contribution is 5.87. The van der Waals surface area contributed by atoms with E-state index in [9.17, 15) is 9.59 Å². The Morgan fingerprint density at radius 3 is 2.68 bits per heavy atom. The average Bonchev–Trinajstić information content (AvgIpc) is 2.95. The normalized spacial score (nSPS) is 12.5. The second kappa shape index (κ2) is 6.84. The second-order valence-electron chi connectivity index (χ2n) is 4.42. The molecular formula is C15H17NO6. The molecule has 0 radical (unpaired) electrons. The van der Waals surface area contributed by atoms with E-state index in [0.717, 1.165) is 6.08 Å². The fraction of sp³-hybridized carbons (Fsp3) is 0.333. The van der Waals surface area contributed by atoms with Gasteiger partial charge < -0.3 is 24.2 Å². The van der Waals surface area contributed by atoms with Crippen molar-refractivity contribution >= 4 is 18.1 Å². The quantitative estimate of drug-likeness (QED) is 0.840. The summed E-state index contributed by atoms with van der Waals surface area (Å²) in [5, 5.41) is 8.79. The molecule has 7 nitrogen and oxygen atoms in total. The van der Waals surface area contributed by atoms with Gasteiger partial charge in [0.05, 0.1) is 5.56 Å². The van der Waals surface area contributed by atoms with Crippen LogP contribution in [0.25, 0.3) is 6.08 Å². The van der Waals surface area contributed by atoms with Crippen molar-refractivity contribution in [3.63, 3.8) is 0 Å². The van der Waals surface area contributed by atoms with Crippen molar-refractivity contribution in [3.05, 3.63) is 23.8 Å². The lowest BCUT2D eigenvalue weighted by Gasteiger charge is -2.19. The number of hydrogen-bond acceptors (Lipinski definition) is 5. The summed E-state index contributed by atoms with van der Waals surface area (Å²) in [7, 11) is 0. The minimum Gasteiger partial charge on any atom is -0.478 e. The van der Waals surface area contributed by atoms with Crippen molar-refractivity contribution < 1.29 is 28.9 Å². The van der Waals surface area contributed by atoms with Crippen LogP contribution >= 0.6 is 0 Å². The number of rotatable bonds is 5. The Morgan fingerprint density at radius 1 is 1.32 bits per heavy atom. The Bertz CT molecular complexity index is 606. The first-order chi connectivity index (χ1) is 10.6. The monoisotopic (exact) mass is 307 g/mol. The minimum atomic E-state index is -1.11. The van der Waals surface area contributed by atoms with Crippen LogP contribution in [-0.2, 0) is 4.79 Å². The Morgan fingerprint density at radius 2 is 2.05 bits per heavy atom. The fourth-order valence-electron chi connectivity index (χ4n) is 2.02. The van der Waals surface area contributed by atoms with E-state index in [1.807, 2.05) is 13.8 Å². The lowest BCUT2D eigenvalue weighted by molar-refractivity contribution is -0.131. The number of benzene rings is 1. The number of carboxylic acids is 1. The van der Waals surface area contributed by atoms with Gasteiger partial charge in [0.25, 0.3) is 0 Å². The van der Waals surface area contributed by atoms with Crippen LogP contribution in [0.1, 0.15) is 19.4 Å². The molecule has 1 aromatic rings. The van der Waals surface area contributed by atoms with Crippen LogP contribution in [0.3, 0.4) is 0 Å². The molecule has 1 amide bonds. The number of carbonyl (C=O) groups excluding carboxylic acids is 1. The van der Waals surface area contributed by atoms with Crippen molar-refractivity contribution in [2.75, 3.05) is 19.9 Å². The molecule has 1 aliphatic rings. The first kappa shape index (κ1) is 15.7. The van der Waals surface area contributed by atoms with E-state index in [4.69, 9.17) is 19.3 Å². The number of hydrogen-bond donors (Lipinski definition) is 1. The van der Waals surface area contributed by atoms with E-state index in [2.05, 4.69) is 0 Å². The second-order valence-corrected chi connectivity index (χ2v) is 4.42. The molecule has 22 heavy (non-hydrogen) atoms. The summed E-state index contributed by atoms with van der Waals surface area (Å²) in [5.41, 5.74) is 0.359. The lowest BCUT2D eigenvalue weighted by atomic mass is 10.1. The summed E-state index contributed by atoms with van der Waals surface area (Å²) in [6, 6.07) is 3.17. The van der Waals surface area contributed by atoms with E-state index in [-0.39, 0.29) is 12.5 Å². The fourth-order valence-corrected chi connectivity index (χ4v) is 2.02. The van der Waals surface area contributed by atoms with Crippen LogP contribution in [0, 0.1) is 0 Å². The Balaban J connectivity index is 2.34. The van der Waals surface area contributed by atoms with E-state index in [0.29, 0.717) is 30.2 Å². The Kier molecular flexibility index (Phi) is 4.88. The van der Waals surface area contributed by atoms with Gasteiger partial charge in [-0.3, -0.25) is 0 Å². The summed E-state index contributed by atoms with van der Waals surface area (Å²) in [5.74, 6) is -0.0498. The predicted octanol–water partition coefficient (Wildman–Crippen LogP) is 2.35. The van der Waals surface area contributed by atoms with E-state index in [1.165, 1.54) is 11.0 Å². The molecule has 0 spiro atoms. The van der Waals surface area contributed by atoms with Crippen LogP contribution in [-0.4, -0.2) is 42.0 Å². The average molecular weight is 307 g/mol. The van der Waals surface area contributed by atoms with E-state index in [1.54, 1.807) is 12.1 Å². The number of carbonyl (C=O) groups is 2. The third-order valence-corrected chi connectivity index (χ3v) is 3.15. The van der Waals surface area contributed by atoms with Gasteiger partial charge in [-0.2, -0.15) is 0 Å². The van der Waals surface area contributed by atoms with Gasteiger partial charge in [0.2, 0.25) is 6.79 Å². The smallest absolute Gasteiger partial charge is 0.415 e. The molecule has 0 fully saturated rings. The zero-order chi connectivity index (χ0) is 16.1. The third-order valence-electron chi connectivity index (χ3n) is 3.15. The van der Waals surface area contributed by atoms with E-state index >= 15 is 0 Å². The molecule has 1 aromatic carbocycles. The van der Waals surface area contributed by atoms with Gasteiger partial charge in [-0.15, -0.1) is 0 Å². The molecule has 118 valence electrons. The highest BCUT2D eigenvalue weighted by Gasteiger charge is 2.22. The van der Waals surface area contributed by atoms with Gasteiger partial charge in [-0.05, 0) is 32.1 Å². The topological polar surface area (TPSA) is 85.3 Å². The zero-order valence-corrected chi connectivity index (χ0v) is 12.4. The molecule has 1 aliphatic heterocycles. The molecule has 0 unspecified atom stereocenters. The van der Waals surface area contributed by atoms with Gasteiger partial charge in [0, 0.05) is 19.2 Å². The van der Waals surface area contributed by atoms with Gasteiger partial charge in [-0.1, -0.05) is 0 Å². The molecular weight excluding hydrogens is 290 g/mol. The van der Waals surface area contributed by atoms with Crippen molar-refractivity contribution in [1.82, 2.24) is 4.90 Å². The summed E-state index contributed by atoms with van der Waals surface area (Å²) in [6.07, 6.45) is 1.76. The first-order valence-corrected chi connectivity index (χ1v) is 6.87. The first-order valence-electron chi connectivity index (χ1n) is 6.87. The Hall–Kier alpha value is -2.70. The maximum atomic E-state index is 12.1. The highest BCUT2D eigenvalue weighted by atomic mass is 16.7. The zero-order valence-electron chi connectivity index (χ0n) is 12.4. The molecule has 0 saturated heterocycles. The minimum absolute atomic E-state index is 0.0384. The molecule has 0 atom stereocenters. The van der Waals surface area contributed by atoms with Crippen molar-refractivity contribution in [2.24, 2.45) is 0 Å². The van der Waals surface area contributed by atoms with Crippen molar-refractivity contribution in [3.8, 4) is 17.2 Å². The summed E-state index contributed by atoms with van der Waals surface area (Å²) < 4.78 is 15.9. The largest absolute Gasteiger partial charge is 0.478 e. The number of amides is 1. The maximum Gasteiger partial charge on any atom is 0.415 e. The number of aliphatic carboxylic acids is 1. The molecule has 2 rings (SSSR count). The van der Waals surface area contributed by atoms with Crippen LogP contribution in [0.5, 0.6) is 17.2 Å². The molecule has 1 N–H and O–H groups in total. The predicted molar refractivity (Wildman–Crippen MR) is 78.2 cm³/mol. The van der Waals surface area contributed by atoms with Crippen molar-refractivity contribution in [1.29, 1.82) is 0 Å². The number of fused-ring (bicyclic) bond motifs is 1. The van der Waals surface area contributed by atoms with Gasteiger partial charge in [-0.25, -0.2) is 9.59 Å². The van der Waals surface area contributed by atoms with Gasteiger partial charge >= 0.3 is 12.1 Å². The number of ether oxygens (including phenoxy) is 3. The van der Waals surface area contributed by atoms with Gasteiger partial charge in [0.1, 0.15) is 5.75 Å². The molecule has 0 aliphatic carbocycles. The van der Waals surface area contributed by atoms with Crippen LogP contribution in [0.4, 0.5) is 4.79 Å². The molecule has 1 heterocycles. The van der Waals surface area contributed by atoms with Crippen LogP contribution in [0.15, 0.2) is 18.2 Å². The Labute approximate surface area is 127 Å². The standard InChI is InChI=1S/C15H17NO6/c1-3-16(4-2)15(19)22-11-6-7-12-14(21-9-20-12)10(11)5-8-13(17)18/h5-8H,3-4,9H2,1-2H3,(H,17,18)/b8-5+. The van der Waals surface area contributed by atoms with Gasteiger partial charge in [0.15, 0.2) is 11.5 Å². The lowest BCUT2D eigenvalue weighted by Crippen LogP contribution is -2.33. The number of nitrogens with zero attached hydrogens (tertiary/aromatic N) is 1.